The number of hydrogen-bond acceptors (Lipinski definition) is 3. The number of nitrogens with zero attached hydrogens (tertiary/aromatic N) is 3. The van der Waals surface area contributed by atoms with Crippen molar-refractivity contribution in [3.8, 4) is 0 Å². The van der Waals surface area contributed by atoms with Crippen LogP contribution in [0.25, 0.3) is 0 Å². The molecule has 1 aliphatic heterocycles. The number of rotatable bonds is 5. The number of nitrogens with one attached hydrogen (secondary N) is 1. The summed E-state index contributed by atoms with van der Waals surface area (Å²) in [6.07, 6.45) is 0.720. The molecule has 1 saturated heterocycles. The minimum Gasteiger partial charge on any atom is -0.336 e. The number of benzene rings is 1. The van der Waals surface area contributed by atoms with Crippen LogP contribution in [0.5, 0.6) is 0 Å². The van der Waals surface area contributed by atoms with Gasteiger partial charge in [0, 0.05) is 37.9 Å². The standard InChI is InChI=1S/C21H25ClN4O2/c1-3-25(13-16-7-5-4-6-8-16)21(28)24-17-11-12-26(14-17)20(27)18-10-9-15(2)23-19(18)22/h4-10,17H,3,11-14H2,1-2H3,(H,24,28)/t17-/m1/s1. The summed E-state index contributed by atoms with van der Waals surface area (Å²) >= 11 is 6.13. The van der Waals surface area contributed by atoms with Crippen LogP contribution in [0.3, 0.4) is 0 Å². The number of halogens is 1. The fraction of sp³-hybridized carbons (Fsp3) is 0.381. The summed E-state index contributed by atoms with van der Waals surface area (Å²) in [6.45, 7) is 6.01. The summed E-state index contributed by atoms with van der Waals surface area (Å²) in [4.78, 5) is 33.0. The van der Waals surface area contributed by atoms with Crippen LogP contribution in [0.1, 0.15) is 35.0 Å². The van der Waals surface area contributed by atoms with E-state index in [9.17, 15) is 9.59 Å². The van der Waals surface area contributed by atoms with Crippen molar-refractivity contribution in [3.63, 3.8) is 0 Å². The molecule has 7 heteroatoms. The average Bonchev–Trinajstić information content (AvgIpc) is 3.15. The summed E-state index contributed by atoms with van der Waals surface area (Å²) in [5.41, 5.74) is 2.26. The van der Waals surface area contributed by atoms with Crippen molar-refractivity contribution in [2.24, 2.45) is 0 Å². The van der Waals surface area contributed by atoms with Gasteiger partial charge in [-0.3, -0.25) is 4.79 Å². The van der Waals surface area contributed by atoms with E-state index in [4.69, 9.17) is 11.6 Å². The van der Waals surface area contributed by atoms with E-state index in [0.717, 1.165) is 17.7 Å². The average molecular weight is 401 g/mol. The number of urea groups is 1. The lowest BCUT2D eigenvalue weighted by Gasteiger charge is -2.24. The molecule has 3 rings (SSSR count). The van der Waals surface area contributed by atoms with E-state index in [2.05, 4.69) is 10.3 Å². The van der Waals surface area contributed by atoms with Crippen LogP contribution in [-0.2, 0) is 6.54 Å². The maximum absolute atomic E-state index is 12.7. The largest absolute Gasteiger partial charge is 0.336 e. The summed E-state index contributed by atoms with van der Waals surface area (Å²) in [6, 6.07) is 13.2. The van der Waals surface area contributed by atoms with Crippen molar-refractivity contribution >= 4 is 23.5 Å². The first-order chi connectivity index (χ1) is 13.5. The van der Waals surface area contributed by atoms with E-state index in [0.29, 0.717) is 31.7 Å². The lowest BCUT2D eigenvalue weighted by molar-refractivity contribution is 0.0788. The predicted octanol–water partition coefficient (Wildman–Crippen LogP) is 3.49. The van der Waals surface area contributed by atoms with E-state index in [1.807, 2.05) is 44.2 Å². The first-order valence-corrected chi connectivity index (χ1v) is 9.87. The summed E-state index contributed by atoms with van der Waals surface area (Å²) in [5.74, 6) is -0.147. The van der Waals surface area contributed by atoms with E-state index < -0.39 is 0 Å². The van der Waals surface area contributed by atoms with Crippen molar-refractivity contribution < 1.29 is 9.59 Å². The summed E-state index contributed by atoms with van der Waals surface area (Å²) < 4.78 is 0. The summed E-state index contributed by atoms with van der Waals surface area (Å²) in [7, 11) is 0. The van der Waals surface area contributed by atoms with Gasteiger partial charge in [-0.25, -0.2) is 9.78 Å². The van der Waals surface area contributed by atoms with Gasteiger partial charge in [-0.1, -0.05) is 41.9 Å². The maximum atomic E-state index is 12.7. The number of hydrogen-bond donors (Lipinski definition) is 1. The van der Waals surface area contributed by atoms with E-state index >= 15 is 0 Å². The van der Waals surface area contributed by atoms with Gasteiger partial charge in [0.1, 0.15) is 5.15 Å². The van der Waals surface area contributed by atoms with E-state index in [-0.39, 0.29) is 23.1 Å². The SMILES string of the molecule is CCN(Cc1ccccc1)C(=O)N[C@@H]1CCN(C(=O)c2ccc(C)nc2Cl)C1. The third kappa shape index (κ3) is 4.81. The van der Waals surface area contributed by atoms with Crippen molar-refractivity contribution in [2.45, 2.75) is 32.9 Å². The van der Waals surface area contributed by atoms with Crippen LogP contribution >= 0.6 is 11.6 Å². The lowest BCUT2D eigenvalue weighted by Crippen LogP contribution is -2.45. The van der Waals surface area contributed by atoms with Crippen molar-refractivity contribution in [2.75, 3.05) is 19.6 Å². The van der Waals surface area contributed by atoms with Crippen LogP contribution in [0.15, 0.2) is 42.5 Å². The molecular formula is C21H25ClN4O2. The Balaban J connectivity index is 1.57. The fourth-order valence-corrected chi connectivity index (χ4v) is 3.59. The number of likely N-dealkylation sites (tertiary alicyclic amines) is 1. The van der Waals surface area contributed by atoms with Crippen molar-refractivity contribution in [1.29, 1.82) is 0 Å². The molecule has 3 amide bonds. The minimum atomic E-state index is -0.147. The number of aryl methyl sites for hydroxylation is 1. The van der Waals surface area contributed by atoms with Gasteiger partial charge in [0.05, 0.1) is 5.56 Å². The number of carbonyl (C=O) groups excluding carboxylic acids is 2. The molecule has 1 N–H and O–H groups in total. The smallest absolute Gasteiger partial charge is 0.317 e. The van der Waals surface area contributed by atoms with Crippen molar-refractivity contribution in [3.05, 3.63) is 64.4 Å². The molecule has 2 aromatic rings. The van der Waals surface area contributed by atoms with Gasteiger partial charge in [0.2, 0.25) is 0 Å². The molecule has 0 bridgehead atoms. The molecular weight excluding hydrogens is 376 g/mol. The van der Waals surface area contributed by atoms with Gasteiger partial charge in [-0.15, -0.1) is 0 Å². The Morgan fingerprint density at radius 1 is 1.25 bits per heavy atom. The number of pyridine rings is 1. The Labute approximate surface area is 170 Å². The quantitative estimate of drug-likeness (QED) is 0.781. The van der Waals surface area contributed by atoms with Gasteiger partial charge < -0.3 is 15.1 Å². The third-order valence-corrected chi connectivity index (χ3v) is 5.19. The highest BCUT2D eigenvalue weighted by atomic mass is 35.5. The molecule has 0 saturated carbocycles. The van der Waals surface area contributed by atoms with Crippen LogP contribution < -0.4 is 5.32 Å². The Kier molecular flexibility index (Phi) is 6.52. The normalized spacial score (nSPS) is 16.1. The molecule has 1 aromatic heterocycles. The highest BCUT2D eigenvalue weighted by Gasteiger charge is 2.30. The number of amides is 3. The number of aromatic nitrogens is 1. The van der Waals surface area contributed by atoms with Gasteiger partial charge in [-0.05, 0) is 38.0 Å². The zero-order valence-corrected chi connectivity index (χ0v) is 16.9. The van der Waals surface area contributed by atoms with Crippen LogP contribution in [0.4, 0.5) is 4.79 Å². The number of carbonyl (C=O) groups is 2. The van der Waals surface area contributed by atoms with Gasteiger partial charge in [-0.2, -0.15) is 0 Å². The topological polar surface area (TPSA) is 65.5 Å². The first-order valence-electron chi connectivity index (χ1n) is 9.49. The molecule has 0 radical (unpaired) electrons. The second-order valence-corrected chi connectivity index (χ2v) is 7.34. The molecule has 0 spiro atoms. The molecule has 1 fully saturated rings. The first kappa shape index (κ1) is 20.1. The van der Waals surface area contributed by atoms with Crippen LogP contribution in [0, 0.1) is 6.92 Å². The molecule has 28 heavy (non-hydrogen) atoms. The molecule has 148 valence electrons. The highest BCUT2D eigenvalue weighted by Crippen LogP contribution is 2.19. The zero-order valence-electron chi connectivity index (χ0n) is 16.2. The lowest BCUT2D eigenvalue weighted by atomic mass is 10.2. The molecule has 0 aliphatic carbocycles. The molecule has 0 unspecified atom stereocenters. The van der Waals surface area contributed by atoms with E-state index in [1.54, 1.807) is 21.9 Å². The third-order valence-electron chi connectivity index (χ3n) is 4.91. The van der Waals surface area contributed by atoms with Crippen molar-refractivity contribution in [1.82, 2.24) is 20.1 Å². The summed E-state index contributed by atoms with van der Waals surface area (Å²) in [5, 5.41) is 3.27. The van der Waals surface area contributed by atoms with Crippen LogP contribution in [-0.4, -0.2) is 52.4 Å². The van der Waals surface area contributed by atoms with Crippen LogP contribution in [0.2, 0.25) is 5.15 Å². The Hall–Kier alpha value is -2.60. The molecule has 6 nitrogen and oxygen atoms in total. The fourth-order valence-electron chi connectivity index (χ4n) is 3.31. The molecule has 1 atom stereocenters. The second-order valence-electron chi connectivity index (χ2n) is 6.98. The second kappa shape index (κ2) is 9.06. The van der Waals surface area contributed by atoms with Gasteiger partial charge >= 0.3 is 6.03 Å². The predicted molar refractivity (Wildman–Crippen MR) is 109 cm³/mol. The van der Waals surface area contributed by atoms with Gasteiger partial charge in [0.15, 0.2) is 0 Å². The minimum absolute atomic E-state index is 0.0709. The van der Waals surface area contributed by atoms with Gasteiger partial charge in [0.25, 0.3) is 5.91 Å². The zero-order chi connectivity index (χ0) is 20.1. The monoisotopic (exact) mass is 400 g/mol. The Morgan fingerprint density at radius 2 is 2.00 bits per heavy atom. The Morgan fingerprint density at radius 3 is 2.68 bits per heavy atom. The van der Waals surface area contributed by atoms with E-state index in [1.165, 1.54) is 0 Å². The molecule has 1 aromatic carbocycles. The maximum Gasteiger partial charge on any atom is 0.317 e. The molecule has 2 heterocycles. The molecule has 1 aliphatic rings. The Bertz CT molecular complexity index is 844. The highest BCUT2D eigenvalue weighted by molar-refractivity contribution is 6.32.